The molecule has 1 aliphatic rings. The first-order valence-electron chi connectivity index (χ1n) is 10.4. The largest absolute Gasteiger partial charge is 0.355 e. The molecule has 0 bridgehead atoms. The van der Waals surface area contributed by atoms with Crippen molar-refractivity contribution in [2.75, 3.05) is 40.8 Å². The summed E-state index contributed by atoms with van der Waals surface area (Å²) < 4.78 is 0. The van der Waals surface area contributed by atoms with Crippen LogP contribution in [0.2, 0.25) is 0 Å². The molecule has 2 amide bonds. The third-order valence-electron chi connectivity index (χ3n) is 5.60. The van der Waals surface area contributed by atoms with E-state index in [0.29, 0.717) is 25.6 Å². The van der Waals surface area contributed by atoms with Crippen molar-refractivity contribution >= 4 is 41.8 Å². The number of amides is 2. The molecule has 1 saturated carbocycles. The van der Waals surface area contributed by atoms with Gasteiger partial charge in [-0.05, 0) is 25.3 Å². The summed E-state index contributed by atoms with van der Waals surface area (Å²) in [6.45, 7) is 3.89. The molecule has 2 rings (SSSR count). The second-order valence-electron chi connectivity index (χ2n) is 7.86. The predicted octanol–water partition coefficient (Wildman–Crippen LogP) is 2.47. The van der Waals surface area contributed by atoms with Crippen LogP contribution in [0.4, 0.5) is 0 Å². The van der Waals surface area contributed by atoms with Crippen molar-refractivity contribution in [1.29, 1.82) is 0 Å². The van der Waals surface area contributed by atoms with Crippen LogP contribution in [0.5, 0.6) is 0 Å². The molecule has 0 atom stereocenters. The van der Waals surface area contributed by atoms with Crippen molar-refractivity contribution in [1.82, 2.24) is 20.4 Å². The molecule has 0 spiro atoms. The lowest BCUT2D eigenvalue weighted by molar-refractivity contribution is -0.139. The maximum atomic E-state index is 12.7. The fraction of sp³-hybridized carbons (Fsp3) is 0.591. The number of hydrogen-bond acceptors (Lipinski definition) is 3. The lowest BCUT2D eigenvalue weighted by Crippen LogP contribution is -2.50. The Labute approximate surface area is 197 Å². The Balaban J connectivity index is 0.00000450. The Morgan fingerprint density at radius 1 is 1.10 bits per heavy atom. The zero-order valence-electron chi connectivity index (χ0n) is 18.6. The number of nitrogens with zero attached hydrogens (tertiary/aromatic N) is 3. The van der Waals surface area contributed by atoms with E-state index < -0.39 is 0 Å². The third-order valence-corrected chi connectivity index (χ3v) is 5.60. The molecule has 0 unspecified atom stereocenters. The predicted molar refractivity (Wildman–Crippen MR) is 132 cm³/mol. The molecular weight excluding hydrogens is 493 g/mol. The molecule has 30 heavy (non-hydrogen) atoms. The molecule has 7 nitrogen and oxygen atoms in total. The highest BCUT2D eigenvalue weighted by molar-refractivity contribution is 14.0. The highest BCUT2D eigenvalue weighted by Gasteiger charge is 2.42. The molecule has 0 aromatic heterocycles. The van der Waals surface area contributed by atoms with E-state index in [-0.39, 0.29) is 47.8 Å². The van der Waals surface area contributed by atoms with E-state index in [9.17, 15) is 9.59 Å². The van der Waals surface area contributed by atoms with Crippen LogP contribution in [0.1, 0.15) is 38.2 Å². The summed E-state index contributed by atoms with van der Waals surface area (Å²) in [7, 11) is 5.29. The average molecular weight is 529 g/mol. The number of likely N-dealkylation sites (N-methyl/N-ethyl adjacent to an activating group) is 1. The summed E-state index contributed by atoms with van der Waals surface area (Å²) in [5, 5.41) is 6.37. The normalized spacial score (nSPS) is 15.1. The molecule has 1 fully saturated rings. The van der Waals surface area contributed by atoms with Gasteiger partial charge in [-0.15, -0.1) is 24.0 Å². The van der Waals surface area contributed by atoms with Gasteiger partial charge in [0.1, 0.15) is 0 Å². The van der Waals surface area contributed by atoms with Crippen molar-refractivity contribution in [3.8, 4) is 0 Å². The topological polar surface area (TPSA) is 77.0 Å². The monoisotopic (exact) mass is 529 g/mol. The smallest absolute Gasteiger partial charge is 0.242 e. The molecule has 0 aliphatic heterocycles. The van der Waals surface area contributed by atoms with Gasteiger partial charge in [0.2, 0.25) is 11.8 Å². The molecular formula is C22H36IN5O2. The number of rotatable bonds is 8. The zero-order chi connectivity index (χ0) is 21.3. The first-order valence-corrected chi connectivity index (χ1v) is 10.4. The molecule has 0 heterocycles. The minimum absolute atomic E-state index is 0. The summed E-state index contributed by atoms with van der Waals surface area (Å²) in [5.41, 5.74) is 0.726. The van der Waals surface area contributed by atoms with E-state index >= 15 is 0 Å². The molecule has 1 aromatic carbocycles. The maximum absolute atomic E-state index is 12.7. The van der Waals surface area contributed by atoms with E-state index in [2.05, 4.69) is 15.6 Å². The van der Waals surface area contributed by atoms with Crippen LogP contribution in [-0.4, -0.2) is 68.4 Å². The second-order valence-corrected chi connectivity index (χ2v) is 7.86. The van der Waals surface area contributed by atoms with Crippen molar-refractivity contribution in [3.63, 3.8) is 0 Å². The summed E-state index contributed by atoms with van der Waals surface area (Å²) in [4.78, 5) is 33.0. The highest BCUT2D eigenvalue weighted by Crippen LogP contribution is 2.38. The van der Waals surface area contributed by atoms with Gasteiger partial charge < -0.3 is 20.4 Å². The van der Waals surface area contributed by atoms with E-state index in [1.54, 1.807) is 26.0 Å². The number of hydrogen-bond donors (Lipinski definition) is 2. The van der Waals surface area contributed by atoms with E-state index in [4.69, 9.17) is 0 Å². The molecule has 1 aliphatic carbocycles. The van der Waals surface area contributed by atoms with Gasteiger partial charge in [0, 0.05) is 40.8 Å². The number of carbonyl (C=O) groups excluding carboxylic acids is 2. The first kappa shape index (κ1) is 26.2. The maximum Gasteiger partial charge on any atom is 0.242 e. The Bertz CT molecular complexity index is 703. The van der Waals surface area contributed by atoms with Crippen LogP contribution in [0.3, 0.4) is 0 Å². The Morgan fingerprint density at radius 3 is 2.27 bits per heavy atom. The number of guanidine groups is 1. The number of aliphatic imine (C=N–C) groups is 1. The Kier molecular flexibility index (Phi) is 11.1. The minimum atomic E-state index is -0.381. The van der Waals surface area contributed by atoms with Crippen LogP contribution in [0.15, 0.2) is 35.3 Å². The first-order chi connectivity index (χ1) is 13.9. The molecule has 168 valence electrons. The fourth-order valence-corrected chi connectivity index (χ4v) is 3.92. The van der Waals surface area contributed by atoms with Crippen molar-refractivity contribution in [2.45, 2.75) is 39.2 Å². The number of benzene rings is 1. The summed E-state index contributed by atoms with van der Waals surface area (Å²) in [6, 6.07) is 9.97. The summed E-state index contributed by atoms with van der Waals surface area (Å²) >= 11 is 0. The van der Waals surface area contributed by atoms with E-state index in [1.807, 2.05) is 42.2 Å². The van der Waals surface area contributed by atoms with Gasteiger partial charge in [-0.2, -0.15) is 0 Å². The van der Waals surface area contributed by atoms with Gasteiger partial charge in [-0.1, -0.05) is 43.2 Å². The molecule has 1 aromatic rings. The number of nitrogens with one attached hydrogen (secondary N) is 2. The fourth-order valence-electron chi connectivity index (χ4n) is 3.92. The standard InChI is InChI=1S/C22H35N5O2.HI/c1-5-27(16-18-11-7-6-8-12-18)19(28)15-24-21(23-2)25-17-22(13-9-10-14-22)20(29)26(3)4;/h6-8,11-12H,5,9-10,13-17H2,1-4H3,(H2,23,24,25);1H. The lowest BCUT2D eigenvalue weighted by Gasteiger charge is -2.31. The van der Waals surface area contributed by atoms with Crippen molar-refractivity contribution < 1.29 is 9.59 Å². The number of carbonyl (C=O) groups is 2. The summed E-state index contributed by atoms with van der Waals surface area (Å²) in [6.07, 6.45) is 3.90. The van der Waals surface area contributed by atoms with Crippen LogP contribution in [0, 0.1) is 5.41 Å². The number of halogens is 1. The minimum Gasteiger partial charge on any atom is -0.355 e. The van der Waals surface area contributed by atoms with Gasteiger partial charge >= 0.3 is 0 Å². The van der Waals surface area contributed by atoms with Crippen LogP contribution >= 0.6 is 24.0 Å². The van der Waals surface area contributed by atoms with Crippen LogP contribution < -0.4 is 10.6 Å². The van der Waals surface area contributed by atoms with Gasteiger partial charge in [-0.3, -0.25) is 14.6 Å². The summed E-state index contributed by atoms with van der Waals surface area (Å²) in [5.74, 6) is 0.722. The van der Waals surface area contributed by atoms with Gasteiger partial charge in [0.05, 0.1) is 12.0 Å². The van der Waals surface area contributed by atoms with Crippen molar-refractivity contribution in [3.05, 3.63) is 35.9 Å². The quantitative estimate of drug-likeness (QED) is 0.308. The lowest BCUT2D eigenvalue weighted by atomic mass is 9.84. The Hall–Kier alpha value is -1.84. The SMILES string of the molecule is CCN(Cc1ccccc1)C(=O)CNC(=NC)NCC1(C(=O)N(C)C)CCCC1.I. The highest BCUT2D eigenvalue weighted by atomic mass is 127. The van der Waals surface area contributed by atoms with Gasteiger partial charge in [-0.25, -0.2) is 0 Å². The second kappa shape index (κ2) is 12.8. The van der Waals surface area contributed by atoms with Crippen LogP contribution in [0.25, 0.3) is 0 Å². The van der Waals surface area contributed by atoms with Crippen LogP contribution in [-0.2, 0) is 16.1 Å². The zero-order valence-corrected chi connectivity index (χ0v) is 20.9. The average Bonchev–Trinajstić information content (AvgIpc) is 3.22. The Morgan fingerprint density at radius 2 is 1.73 bits per heavy atom. The van der Waals surface area contributed by atoms with Gasteiger partial charge in [0.25, 0.3) is 0 Å². The molecule has 8 heteroatoms. The van der Waals surface area contributed by atoms with E-state index in [1.165, 1.54) is 0 Å². The van der Waals surface area contributed by atoms with Crippen molar-refractivity contribution in [2.24, 2.45) is 10.4 Å². The van der Waals surface area contributed by atoms with Gasteiger partial charge in [0.15, 0.2) is 5.96 Å². The molecule has 2 N–H and O–H groups in total. The molecule has 0 radical (unpaired) electrons. The molecule has 0 saturated heterocycles. The third kappa shape index (κ3) is 7.14. The van der Waals surface area contributed by atoms with E-state index in [0.717, 1.165) is 31.2 Å².